The Balaban J connectivity index is 2.25. The molecule has 2 rings (SSSR count). The summed E-state index contributed by atoms with van der Waals surface area (Å²) in [5.41, 5.74) is 1.34. The van der Waals surface area contributed by atoms with Gasteiger partial charge in [-0.25, -0.2) is 4.68 Å². The zero-order valence-corrected chi connectivity index (χ0v) is 12.6. The van der Waals surface area contributed by atoms with Gasteiger partial charge in [-0.1, -0.05) is 22.9 Å². The third-order valence-corrected chi connectivity index (χ3v) is 3.25. The monoisotopic (exact) mass is 338 g/mol. The average molecular weight is 339 g/mol. The molecule has 1 aromatic heterocycles. The van der Waals surface area contributed by atoms with Crippen LogP contribution in [0.4, 0.5) is 5.69 Å². The van der Waals surface area contributed by atoms with Gasteiger partial charge >= 0.3 is 0 Å². The van der Waals surface area contributed by atoms with Crippen LogP contribution < -0.4 is 5.32 Å². The summed E-state index contributed by atoms with van der Waals surface area (Å²) >= 11 is 3.24. The van der Waals surface area contributed by atoms with Crippen LogP contribution in [0.1, 0.15) is 19.0 Å². The van der Waals surface area contributed by atoms with Gasteiger partial charge in [0.15, 0.2) is 0 Å². The Labute approximate surface area is 125 Å². The molecule has 1 N–H and O–H groups in total. The largest absolute Gasteiger partial charge is 0.311 e. The van der Waals surface area contributed by atoms with Crippen LogP contribution >= 0.6 is 15.9 Å². The quantitative estimate of drug-likeness (QED) is 0.499. The van der Waals surface area contributed by atoms with E-state index in [1.165, 1.54) is 10.7 Å². The molecular formula is C13H15BrN4O2. The number of rotatable bonds is 6. The highest BCUT2D eigenvalue weighted by Gasteiger charge is 2.16. The number of benzene rings is 1. The predicted octanol–water partition coefficient (Wildman–Crippen LogP) is 3.04. The Morgan fingerprint density at radius 1 is 1.45 bits per heavy atom. The average Bonchev–Trinajstić information content (AvgIpc) is 2.87. The highest BCUT2D eigenvalue weighted by molar-refractivity contribution is 9.10. The first-order valence-electron chi connectivity index (χ1n) is 6.31. The van der Waals surface area contributed by atoms with E-state index in [1.807, 2.05) is 6.07 Å². The number of nitro groups is 1. The molecule has 6 nitrogen and oxygen atoms in total. The standard InChI is InChI=1S/C13H15BrN4O2/c1-2-6-15-9-11-5-7-17(16-11)12-4-3-10(14)8-13(12)18(19)20/h3-5,7-8,15H,2,6,9H2,1H3. The fourth-order valence-corrected chi connectivity index (χ4v) is 2.17. The van der Waals surface area contributed by atoms with Crippen LogP contribution in [0, 0.1) is 10.1 Å². The molecule has 0 radical (unpaired) electrons. The third kappa shape index (κ3) is 3.43. The molecule has 7 heteroatoms. The minimum Gasteiger partial charge on any atom is -0.311 e. The molecule has 0 aliphatic heterocycles. The van der Waals surface area contributed by atoms with Crippen molar-refractivity contribution in [3.8, 4) is 5.69 Å². The molecule has 0 aliphatic rings. The normalized spacial score (nSPS) is 10.7. The Bertz CT molecular complexity index is 612. The van der Waals surface area contributed by atoms with E-state index in [2.05, 4.69) is 33.3 Å². The predicted molar refractivity (Wildman–Crippen MR) is 79.9 cm³/mol. The molecule has 0 aliphatic carbocycles. The van der Waals surface area contributed by atoms with E-state index in [4.69, 9.17) is 0 Å². The van der Waals surface area contributed by atoms with Gasteiger partial charge in [0.05, 0.1) is 10.6 Å². The van der Waals surface area contributed by atoms with Crippen molar-refractivity contribution in [1.29, 1.82) is 0 Å². The smallest absolute Gasteiger partial charge is 0.295 e. The van der Waals surface area contributed by atoms with Crippen LogP contribution in [0.15, 0.2) is 34.9 Å². The molecule has 20 heavy (non-hydrogen) atoms. The van der Waals surface area contributed by atoms with Crippen molar-refractivity contribution < 1.29 is 4.92 Å². The molecule has 0 bridgehead atoms. The molecule has 0 amide bonds. The molecule has 1 heterocycles. The van der Waals surface area contributed by atoms with Crippen LogP contribution in [0.3, 0.4) is 0 Å². The van der Waals surface area contributed by atoms with Crippen LogP contribution in [-0.4, -0.2) is 21.2 Å². The van der Waals surface area contributed by atoms with E-state index in [1.54, 1.807) is 18.3 Å². The molecule has 1 aromatic carbocycles. The van der Waals surface area contributed by atoms with Gasteiger partial charge in [-0.05, 0) is 31.2 Å². The minimum absolute atomic E-state index is 0.0237. The SMILES string of the molecule is CCCNCc1ccn(-c2ccc(Br)cc2[N+](=O)[O-])n1. The minimum atomic E-state index is -0.406. The van der Waals surface area contributed by atoms with Crippen molar-refractivity contribution in [3.05, 3.63) is 50.7 Å². The first-order chi connectivity index (χ1) is 9.61. The Morgan fingerprint density at radius 2 is 2.25 bits per heavy atom. The van der Waals surface area contributed by atoms with Crippen molar-refractivity contribution in [2.75, 3.05) is 6.54 Å². The van der Waals surface area contributed by atoms with Gasteiger partial charge in [0.25, 0.3) is 5.69 Å². The highest BCUT2D eigenvalue weighted by Crippen LogP contribution is 2.26. The van der Waals surface area contributed by atoms with Crippen molar-refractivity contribution in [3.63, 3.8) is 0 Å². The van der Waals surface area contributed by atoms with Crippen molar-refractivity contribution in [2.24, 2.45) is 0 Å². The van der Waals surface area contributed by atoms with Crippen molar-refractivity contribution >= 4 is 21.6 Å². The number of nitrogens with zero attached hydrogens (tertiary/aromatic N) is 3. The molecule has 106 valence electrons. The molecule has 0 saturated heterocycles. The number of hydrogen-bond acceptors (Lipinski definition) is 4. The molecule has 0 atom stereocenters. The van der Waals surface area contributed by atoms with Crippen LogP contribution in [0.25, 0.3) is 5.69 Å². The number of nitrogens with one attached hydrogen (secondary N) is 1. The van der Waals surface area contributed by atoms with E-state index < -0.39 is 4.92 Å². The van der Waals surface area contributed by atoms with E-state index in [-0.39, 0.29) is 5.69 Å². The topological polar surface area (TPSA) is 73.0 Å². The molecule has 0 unspecified atom stereocenters. The van der Waals surface area contributed by atoms with Gasteiger partial charge in [0.1, 0.15) is 5.69 Å². The Morgan fingerprint density at radius 3 is 2.95 bits per heavy atom. The molecule has 0 fully saturated rings. The van der Waals surface area contributed by atoms with E-state index in [0.717, 1.165) is 18.7 Å². The van der Waals surface area contributed by atoms with E-state index >= 15 is 0 Å². The second-order valence-corrected chi connectivity index (χ2v) is 5.23. The lowest BCUT2D eigenvalue weighted by Crippen LogP contribution is -2.14. The van der Waals surface area contributed by atoms with E-state index in [9.17, 15) is 10.1 Å². The first-order valence-corrected chi connectivity index (χ1v) is 7.10. The van der Waals surface area contributed by atoms with Gasteiger partial charge < -0.3 is 5.32 Å². The first kappa shape index (κ1) is 14.7. The maximum atomic E-state index is 11.1. The molecule has 0 spiro atoms. The number of aromatic nitrogens is 2. The summed E-state index contributed by atoms with van der Waals surface area (Å²) in [7, 11) is 0. The van der Waals surface area contributed by atoms with Crippen LogP contribution in [-0.2, 0) is 6.54 Å². The summed E-state index contributed by atoms with van der Waals surface area (Å²) in [4.78, 5) is 10.7. The second kappa shape index (κ2) is 6.62. The fourth-order valence-electron chi connectivity index (χ4n) is 1.82. The molecule has 2 aromatic rings. The van der Waals surface area contributed by atoms with E-state index in [0.29, 0.717) is 16.7 Å². The lowest BCUT2D eigenvalue weighted by molar-refractivity contribution is -0.384. The van der Waals surface area contributed by atoms with Gasteiger partial charge in [0, 0.05) is 23.3 Å². The van der Waals surface area contributed by atoms with Crippen LogP contribution in [0.5, 0.6) is 0 Å². The number of halogens is 1. The van der Waals surface area contributed by atoms with Crippen molar-refractivity contribution in [2.45, 2.75) is 19.9 Å². The lowest BCUT2D eigenvalue weighted by Gasteiger charge is -2.03. The third-order valence-electron chi connectivity index (χ3n) is 2.76. The summed E-state index contributed by atoms with van der Waals surface area (Å²) in [5.74, 6) is 0. The van der Waals surface area contributed by atoms with Gasteiger partial charge in [0.2, 0.25) is 0 Å². The summed E-state index contributed by atoms with van der Waals surface area (Å²) in [5, 5.41) is 18.7. The van der Waals surface area contributed by atoms with Gasteiger partial charge in [-0.3, -0.25) is 10.1 Å². The number of nitro benzene ring substituents is 1. The zero-order valence-electron chi connectivity index (χ0n) is 11.0. The summed E-state index contributed by atoms with van der Waals surface area (Å²) in [6.45, 7) is 3.67. The maximum absolute atomic E-state index is 11.1. The fraction of sp³-hybridized carbons (Fsp3) is 0.308. The molecule has 0 saturated carbocycles. The highest BCUT2D eigenvalue weighted by atomic mass is 79.9. The lowest BCUT2D eigenvalue weighted by atomic mass is 10.3. The van der Waals surface area contributed by atoms with Gasteiger partial charge in [-0.15, -0.1) is 0 Å². The molecular weight excluding hydrogens is 324 g/mol. The summed E-state index contributed by atoms with van der Waals surface area (Å²) in [6, 6.07) is 6.78. The zero-order chi connectivity index (χ0) is 14.5. The van der Waals surface area contributed by atoms with Crippen LogP contribution in [0.2, 0.25) is 0 Å². The second-order valence-electron chi connectivity index (χ2n) is 4.32. The van der Waals surface area contributed by atoms with Gasteiger partial charge in [-0.2, -0.15) is 5.10 Å². The Kier molecular flexibility index (Phi) is 4.86. The Hall–Kier alpha value is -1.73. The number of hydrogen-bond donors (Lipinski definition) is 1. The summed E-state index contributed by atoms with van der Waals surface area (Å²) < 4.78 is 2.21. The van der Waals surface area contributed by atoms with Crippen molar-refractivity contribution in [1.82, 2.24) is 15.1 Å². The maximum Gasteiger partial charge on any atom is 0.295 e. The summed E-state index contributed by atoms with van der Waals surface area (Å²) in [6.07, 6.45) is 2.79.